The normalized spacial score (nSPS) is 12.0. The molecule has 0 aliphatic rings. The van der Waals surface area contributed by atoms with Gasteiger partial charge in [-0.2, -0.15) is 0 Å². The van der Waals surface area contributed by atoms with Crippen LogP contribution in [0.15, 0.2) is 12.1 Å². The summed E-state index contributed by atoms with van der Waals surface area (Å²) in [5.41, 5.74) is 6.54. The lowest BCUT2D eigenvalue weighted by atomic mass is 10.1. The highest BCUT2D eigenvalue weighted by Gasteiger charge is 2.18. The van der Waals surface area contributed by atoms with Crippen LogP contribution in [0.4, 0.5) is 0 Å². The number of carboxylic acids is 1. The minimum Gasteiger partial charge on any atom is -0.495 e. The van der Waals surface area contributed by atoms with Crippen molar-refractivity contribution in [2.45, 2.75) is 6.04 Å². The molecule has 0 aliphatic heterocycles. The van der Waals surface area contributed by atoms with Gasteiger partial charge in [0.15, 0.2) is 0 Å². The summed E-state index contributed by atoms with van der Waals surface area (Å²) >= 11 is 6.10. The van der Waals surface area contributed by atoms with Crippen LogP contribution in [0, 0.1) is 0 Å². The Balaban J connectivity index is 2.87. The second kappa shape index (κ2) is 7.18. The Morgan fingerprint density at radius 1 is 1.42 bits per heavy atom. The third-order valence-electron chi connectivity index (χ3n) is 2.44. The van der Waals surface area contributed by atoms with Crippen molar-refractivity contribution in [2.75, 3.05) is 27.4 Å². The Bertz CT molecular complexity index is 452. The standard InChI is InChI=1S/C12H16ClNO5/c1-17-9-4-3-7(12(18-2)11(9)13)8(14)5-19-6-10(15)16/h3-4,8H,5-6,14H2,1-2H3,(H,15,16). The molecular formula is C12H16ClNO5. The summed E-state index contributed by atoms with van der Waals surface area (Å²) < 4.78 is 15.2. The van der Waals surface area contributed by atoms with Crippen LogP contribution in [0.3, 0.4) is 0 Å². The van der Waals surface area contributed by atoms with Gasteiger partial charge in [0, 0.05) is 5.56 Å². The monoisotopic (exact) mass is 289 g/mol. The molecule has 106 valence electrons. The van der Waals surface area contributed by atoms with Gasteiger partial charge in [0.25, 0.3) is 0 Å². The zero-order chi connectivity index (χ0) is 14.4. The van der Waals surface area contributed by atoms with Gasteiger partial charge in [-0.3, -0.25) is 0 Å². The molecule has 1 aromatic carbocycles. The molecule has 0 spiro atoms. The fourth-order valence-corrected chi connectivity index (χ4v) is 1.90. The van der Waals surface area contributed by atoms with E-state index in [0.717, 1.165) is 0 Å². The zero-order valence-corrected chi connectivity index (χ0v) is 11.4. The molecule has 6 nitrogen and oxygen atoms in total. The third kappa shape index (κ3) is 3.99. The number of carbonyl (C=O) groups is 1. The molecule has 0 bridgehead atoms. The molecule has 0 radical (unpaired) electrons. The van der Waals surface area contributed by atoms with Gasteiger partial charge in [-0.15, -0.1) is 0 Å². The minimum atomic E-state index is -1.05. The largest absolute Gasteiger partial charge is 0.495 e. The Morgan fingerprint density at radius 2 is 2.11 bits per heavy atom. The maximum absolute atomic E-state index is 10.3. The zero-order valence-electron chi connectivity index (χ0n) is 10.7. The number of benzene rings is 1. The maximum atomic E-state index is 10.3. The van der Waals surface area contributed by atoms with E-state index in [9.17, 15) is 4.79 Å². The van der Waals surface area contributed by atoms with E-state index in [4.69, 9.17) is 36.7 Å². The van der Waals surface area contributed by atoms with Crippen molar-refractivity contribution in [3.63, 3.8) is 0 Å². The predicted octanol–water partition coefficient (Wildman–Crippen LogP) is 1.46. The van der Waals surface area contributed by atoms with Crippen LogP contribution in [0.25, 0.3) is 0 Å². The number of carboxylic acid groups (broad SMARTS) is 1. The second-order valence-corrected chi connectivity index (χ2v) is 4.10. The number of hydrogen-bond acceptors (Lipinski definition) is 5. The number of hydrogen-bond donors (Lipinski definition) is 2. The molecule has 19 heavy (non-hydrogen) atoms. The lowest BCUT2D eigenvalue weighted by Gasteiger charge is -2.18. The van der Waals surface area contributed by atoms with Gasteiger partial charge >= 0.3 is 5.97 Å². The summed E-state index contributed by atoms with van der Waals surface area (Å²) in [6.07, 6.45) is 0. The lowest BCUT2D eigenvalue weighted by molar-refractivity contribution is -0.142. The van der Waals surface area contributed by atoms with Crippen LogP contribution in [0.1, 0.15) is 11.6 Å². The third-order valence-corrected chi connectivity index (χ3v) is 2.80. The van der Waals surface area contributed by atoms with E-state index >= 15 is 0 Å². The van der Waals surface area contributed by atoms with E-state index in [1.54, 1.807) is 12.1 Å². The molecular weight excluding hydrogens is 274 g/mol. The summed E-state index contributed by atoms with van der Waals surface area (Å²) in [5, 5.41) is 8.80. The SMILES string of the molecule is COc1ccc(C(N)COCC(=O)O)c(OC)c1Cl. The van der Waals surface area contributed by atoms with Crippen molar-refractivity contribution in [3.8, 4) is 11.5 Å². The quantitative estimate of drug-likeness (QED) is 0.789. The van der Waals surface area contributed by atoms with Crippen LogP contribution >= 0.6 is 11.6 Å². The van der Waals surface area contributed by atoms with Crippen LogP contribution in [0.5, 0.6) is 11.5 Å². The molecule has 0 heterocycles. The van der Waals surface area contributed by atoms with E-state index < -0.39 is 18.6 Å². The molecule has 0 saturated carbocycles. The number of aliphatic carboxylic acids is 1. The van der Waals surface area contributed by atoms with Gasteiger partial charge in [0.2, 0.25) is 0 Å². The molecule has 0 saturated heterocycles. The fourth-order valence-electron chi connectivity index (χ4n) is 1.57. The summed E-state index contributed by atoms with van der Waals surface area (Å²) in [4.78, 5) is 10.3. The molecule has 7 heteroatoms. The fraction of sp³-hybridized carbons (Fsp3) is 0.417. The molecule has 0 fully saturated rings. The van der Waals surface area contributed by atoms with Crippen molar-refractivity contribution < 1.29 is 24.1 Å². The van der Waals surface area contributed by atoms with Crippen LogP contribution in [-0.4, -0.2) is 38.5 Å². The van der Waals surface area contributed by atoms with E-state index in [2.05, 4.69) is 0 Å². The molecule has 1 unspecified atom stereocenters. The van der Waals surface area contributed by atoms with Crippen molar-refractivity contribution in [2.24, 2.45) is 5.73 Å². The van der Waals surface area contributed by atoms with Crippen molar-refractivity contribution in [3.05, 3.63) is 22.7 Å². The van der Waals surface area contributed by atoms with Crippen LogP contribution < -0.4 is 15.2 Å². The summed E-state index contributed by atoms with van der Waals surface area (Å²) in [7, 11) is 2.96. The Labute approximate surface area is 116 Å². The molecule has 3 N–H and O–H groups in total. The number of nitrogens with two attached hydrogens (primary N) is 1. The molecule has 1 aromatic rings. The van der Waals surface area contributed by atoms with E-state index in [1.807, 2.05) is 0 Å². The lowest BCUT2D eigenvalue weighted by Crippen LogP contribution is -2.20. The van der Waals surface area contributed by atoms with Gasteiger partial charge in [0.05, 0.1) is 26.9 Å². The first kappa shape index (κ1) is 15.6. The number of rotatable bonds is 7. The molecule has 1 atom stereocenters. The molecule has 0 aromatic heterocycles. The van der Waals surface area contributed by atoms with Crippen molar-refractivity contribution >= 4 is 17.6 Å². The highest BCUT2D eigenvalue weighted by atomic mass is 35.5. The van der Waals surface area contributed by atoms with Crippen molar-refractivity contribution in [1.29, 1.82) is 0 Å². The maximum Gasteiger partial charge on any atom is 0.329 e. The van der Waals surface area contributed by atoms with E-state index in [1.165, 1.54) is 14.2 Å². The summed E-state index contributed by atoms with van der Waals surface area (Å²) in [6.45, 7) is -0.356. The van der Waals surface area contributed by atoms with E-state index in [0.29, 0.717) is 22.1 Å². The predicted molar refractivity (Wildman–Crippen MR) is 69.9 cm³/mol. The van der Waals surface area contributed by atoms with Gasteiger partial charge < -0.3 is 25.1 Å². The van der Waals surface area contributed by atoms with Gasteiger partial charge in [-0.25, -0.2) is 4.79 Å². The average Bonchev–Trinajstić information content (AvgIpc) is 2.37. The summed E-state index contributed by atoms with van der Waals surface area (Å²) in [5.74, 6) is -0.180. The number of halogens is 1. The number of ether oxygens (including phenoxy) is 3. The Morgan fingerprint density at radius 3 is 2.63 bits per heavy atom. The van der Waals surface area contributed by atoms with Crippen LogP contribution in [-0.2, 0) is 9.53 Å². The van der Waals surface area contributed by atoms with Gasteiger partial charge in [-0.05, 0) is 12.1 Å². The Hall–Kier alpha value is -1.50. The smallest absolute Gasteiger partial charge is 0.329 e. The number of methoxy groups -OCH3 is 2. The molecule has 1 rings (SSSR count). The van der Waals surface area contributed by atoms with Gasteiger partial charge in [-0.1, -0.05) is 11.6 Å². The first-order valence-electron chi connectivity index (χ1n) is 5.46. The topological polar surface area (TPSA) is 91.0 Å². The average molecular weight is 290 g/mol. The summed E-state index contributed by atoms with van der Waals surface area (Å²) in [6, 6.07) is 2.83. The highest BCUT2D eigenvalue weighted by Crippen LogP contribution is 2.38. The van der Waals surface area contributed by atoms with Gasteiger partial charge in [0.1, 0.15) is 23.1 Å². The molecule has 0 aliphatic carbocycles. The second-order valence-electron chi connectivity index (χ2n) is 3.72. The molecule has 0 amide bonds. The van der Waals surface area contributed by atoms with Crippen molar-refractivity contribution in [1.82, 2.24) is 0 Å². The minimum absolute atomic E-state index is 0.0469. The van der Waals surface area contributed by atoms with Crippen LogP contribution in [0.2, 0.25) is 5.02 Å². The highest BCUT2D eigenvalue weighted by molar-refractivity contribution is 6.33. The Kier molecular flexibility index (Phi) is 5.88. The first-order valence-corrected chi connectivity index (χ1v) is 5.84. The van der Waals surface area contributed by atoms with E-state index in [-0.39, 0.29) is 6.61 Å². The first-order chi connectivity index (χ1) is 9.01.